The molecule has 1 aromatic carbocycles. The molecule has 4 rings (SSSR count). The molecule has 7 heteroatoms. The lowest BCUT2D eigenvalue weighted by Crippen LogP contribution is -2.22. The molecule has 0 spiro atoms. The van der Waals surface area contributed by atoms with Gasteiger partial charge in [0, 0.05) is 19.1 Å². The van der Waals surface area contributed by atoms with Crippen LogP contribution in [-0.2, 0) is 4.79 Å². The van der Waals surface area contributed by atoms with Crippen molar-refractivity contribution >= 4 is 23.6 Å². The van der Waals surface area contributed by atoms with Gasteiger partial charge in [0.25, 0.3) is 0 Å². The van der Waals surface area contributed by atoms with E-state index in [0.29, 0.717) is 6.04 Å². The van der Waals surface area contributed by atoms with Gasteiger partial charge in [-0.1, -0.05) is 42.1 Å². The summed E-state index contributed by atoms with van der Waals surface area (Å²) in [6.45, 7) is 2.07. The molecule has 6 nitrogen and oxygen atoms in total. The van der Waals surface area contributed by atoms with Gasteiger partial charge in [-0.2, -0.15) is 0 Å². The largest absolute Gasteiger partial charge is 0.368 e. The lowest BCUT2D eigenvalue weighted by Gasteiger charge is -2.19. The number of aromatic nitrogens is 3. The van der Waals surface area contributed by atoms with Gasteiger partial charge in [0.2, 0.25) is 11.9 Å². The van der Waals surface area contributed by atoms with E-state index < -0.39 is 5.25 Å². The SMILES string of the molecule is NC(=O)C(Sc1nnc(N2CCCC2)n1C1CC1)c1ccccc1. The molecular weight excluding hydrogens is 322 g/mol. The van der Waals surface area contributed by atoms with E-state index in [1.165, 1.54) is 24.6 Å². The predicted molar refractivity (Wildman–Crippen MR) is 94.0 cm³/mol. The Morgan fingerprint density at radius 3 is 2.50 bits per heavy atom. The summed E-state index contributed by atoms with van der Waals surface area (Å²) in [5, 5.41) is 9.18. The van der Waals surface area contributed by atoms with Crippen LogP contribution in [0.5, 0.6) is 0 Å². The quantitative estimate of drug-likeness (QED) is 0.816. The summed E-state index contributed by atoms with van der Waals surface area (Å²) in [7, 11) is 0. The molecule has 0 radical (unpaired) electrons. The molecule has 1 atom stereocenters. The zero-order chi connectivity index (χ0) is 16.5. The third-order valence-corrected chi connectivity index (χ3v) is 5.76. The average Bonchev–Trinajstić information content (AvgIpc) is 3.11. The van der Waals surface area contributed by atoms with Crippen LogP contribution < -0.4 is 10.6 Å². The number of nitrogens with two attached hydrogens (primary N) is 1. The highest BCUT2D eigenvalue weighted by molar-refractivity contribution is 8.00. The number of nitrogens with zero attached hydrogens (tertiary/aromatic N) is 4. The lowest BCUT2D eigenvalue weighted by atomic mass is 10.1. The van der Waals surface area contributed by atoms with Gasteiger partial charge in [-0.05, 0) is 31.2 Å². The van der Waals surface area contributed by atoms with Crippen LogP contribution in [0.3, 0.4) is 0 Å². The van der Waals surface area contributed by atoms with Gasteiger partial charge in [-0.3, -0.25) is 9.36 Å². The van der Waals surface area contributed by atoms with Crippen molar-refractivity contribution in [3.63, 3.8) is 0 Å². The fourth-order valence-electron chi connectivity index (χ4n) is 3.16. The summed E-state index contributed by atoms with van der Waals surface area (Å²) in [6.07, 6.45) is 4.71. The number of carbonyl (C=O) groups is 1. The van der Waals surface area contributed by atoms with Crippen molar-refractivity contribution in [2.75, 3.05) is 18.0 Å². The standard InChI is InChI=1S/C17H21N5OS/c18-15(23)14(12-6-2-1-3-7-12)24-17-20-19-16(21-10-4-5-11-21)22(17)13-8-9-13/h1-3,6-7,13-14H,4-5,8-11H2,(H2,18,23). The van der Waals surface area contributed by atoms with Gasteiger partial charge in [-0.15, -0.1) is 10.2 Å². The second kappa shape index (κ2) is 6.47. The average molecular weight is 343 g/mol. The molecule has 2 fully saturated rings. The molecule has 2 N–H and O–H groups in total. The van der Waals surface area contributed by atoms with E-state index >= 15 is 0 Å². The summed E-state index contributed by atoms with van der Waals surface area (Å²) in [4.78, 5) is 14.3. The van der Waals surface area contributed by atoms with Gasteiger partial charge < -0.3 is 10.6 Å². The molecule has 1 saturated carbocycles. The molecule has 126 valence electrons. The molecule has 24 heavy (non-hydrogen) atoms. The van der Waals surface area contributed by atoms with Crippen molar-refractivity contribution in [2.24, 2.45) is 5.73 Å². The topological polar surface area (TPSA) is 77.0 Å². The van der Waals surface area contributed by atoms with Crippen molar-refractivity contribution in [1.29, 1.82) is 0 Å². The van der Waals surface area contributed by atoms with E-state index in [-0.39, 0.29) is 5.91 Å². The van der Waals surface area contributed by atoms with E-state index in [2.05, 4.69) is 19.7 Å². The van der Waals surface area contributed by atoms with Crippen LogP contribution in [-0.4, -0.2) is 33.8 Å². The van der Waals surface area contributed by atoms with E-state index in [0.717, 1.165) is 42.6 Å². The van der Waals surface area contributed by atoms with Crippen LogP contribution >= 0.6 is 11.8 Å². The Morgan fingerprint density at radius 1 is 1.17 bits per heavy atom. The minimum absolute atomic E-state index is 0.348. The maximum absolute atomic E-state index is 12.0. The van der Waals surface area contributed by atoms with Gasteiger partial charge in [0.1, 0.15) is 5.25 Å². The first-order chi connectivity index (χ1) is 11.7. The van der Waals surface area contributed by atoms with Crippen molar-refractivity contribution in [2.45, 2.75) is 42.1 Å². The van der Waals surface area contributed by atoms with Crippen LogP contribution in [0.1, 0.15) is 42.5 Å². The van der Waals surface area contributed by atoms with Crippen LogP contribution in [0.15, 0.2) is 35.5 Å². The minimum atomic E-state index is -0.445. The monoisotopic (exact) mass is 343 g/mol. The molecule has 2 aromatic rings. The summed E-state index contributed by atoms with van der Waals surface area (Å²) in [5.41, 5.74) is 6.57. The number of hydrogen-bond donors (Lipinski definition) is 1. The first-order valence-corrected chi connectivity index (χ1v) is 9.33. The fraction of sp³-hybridized carbons (Fsp3) is 0.471. The van der Waals surface area contributed by atoms with Gasteiger partial charge in [0.15, 0.2) is 5.16 Å². The Bertz CT molecular complexity index is 722. The summed E-state index contributed by atoms with van der Waals surface area (Å²) >= 11 is 1.41. The van der Waals surface area contributed by atoms with Gasteiger partial charge in [-0.25, -0.2) is 0 Å². The number of primary amides is 1. The molecule has 1 aliphatic heterocycles. The Morgan fingerprint density at radius 2 is 1.88 bits per heavy atom. The number of benzene rings is 1. The Balaban J connectivity index is 1.64. The summed E-state index contributed by atoms with van der Waals surface area (Å²) in [5.74, 6) is 0.605. The summed E-state index contributed by atoms with van der Waals surface area (Å²) < 4.78 is 2.22. The number of rotatable bonds is 6. The second-order valence-electron chi connectivity index (χ2n) is 6.39. The zero-order valence-corrected chi connectivity index (χ0v) is 14.3. The second-order valence-corrected chi connectivity index (χ2v) is 7.46. The lowest BCUT2D eigenvalue weighted by molar-refractivity contribution is -0.117. The van der Waals surface area contributed by atoms with Gasteiger partial charge in [0.05, 0.1) is 0 Å². The smallest absolute Gasteiger partial charge is 0.235 e. The van der Waals surface area contributed by atoms with Crippen molar-refractivity contribution in [1.82, 2.24) is 14.8 Å². The maximum atomic E-state index is 12.0. The normalized spacial score (nSPS) is 18.8. The third kappa shape index (κ3) is 3.00. The first kappa shape index (κ1) is 15.5. The van der Waals surface area contributed by atoms with Crippen molar-refractivity contribution < 1.29 is 4.79 Å². The number of hydrogen-bond acceptors (Lipinski definition) is 5. The van der Waals surface area contributed by atoms with E-state index in [1.54, 1.807) is 0 Å². The molecule has 1 aromatic heterocycles. The first-order valence-electron chi connectivity index (χ1n) is 8.45. The van der Waals surface area contributed by atoms with E-state index in [9.17, 15) is 4.79 Å². The highest BCUT2D eigenvalue weighted by Crippen LogP contribution is 2.44. The fourth-order valence-corrected chi connectivity index (χ4v) is 4.21. The Kier molecular flexibility index (Phi) is 4.18. The molecule has 1 unspecified atom stereocenters. The van der Waals surface area contributed by atoms with E-state index in [4.69, 9.17) is 5.73 Å². The minimum Gasteiger partial charge on any atom is -0.368 e. The maximum Gasteiger partial charge on any atom is 0.235 e. The van der Waals surface area contributed by atoms with Crippen molar-refractivity contribution in [3.05, 3.63) is 35.9 Å². The molecule has 2 heterocycles. The molecule has 2 aliphatic rings. The molecular formula is C17H21N5OS. The molecule has 0 bridgehead atoms. The number of amides is 1. The molecule has 1 aliphatic carbocycles. The number of carbonyl (C=O) groups excluding carboxylic acids is 1. The number of thioether (sulfide) groups is 1. The highest BCUT2D eigenvalue weighted by Gasteiger charge is 2.34. The van der Waals surface area contributed by atoms with E-state index in [1.807, 2.05) is 30.3 Å². The third-order valence-electron chi connectivity index (χ3n) is 4.53. The van der Waals surface area contributed by atoms with Crippen LogP contribution in [0.4, 0.5) is 5.95 Å². The van der Waals surface area contributed by atoms with Gasteiger partial charge >= 0.3 is 0 Å². The predicted octanol–water partition coefficient (Wildman–Crippen LogP) is 2.53. The Hall–Kier alpha value is -2.02. The molecule has 1 amide bonds. The van der Waals surface area contributed by atoms with Crippen molar-refractivity contribution in [3.8, 4) is 0 Å². The highest BCUT2D eigenvalue weighted by atomic mass is 32.2. The van der Waals surface area contributed by atoms with Crippen LogP contribution in [0.2, 0.25) is 0 Å². The Labute approximate surface area is 145 Å². The summed E-state index contributed by atoms with van der Waals surface area (Å²) in [6, 6.07) is 10.1. The number of anilines is 1. The van der Waals surface area contributed by atoms with Crippen LogP contribution in [0.25, 0.3) is 0 Å². The van der Waals surface area contributed by atoms with Crippen LogP contribution in [0, 0.1) is 0 Å². The zero-order valence-electron chi connectivity index (χ0n) is 13.5. The molecule has 1 saturated heterocycles.